The molecular formula is C17H29NO2S. The van der Waals surface area contributed by atoms with Crippen LogP contribution in [0, 0.1) is 29.1 Å². The average Bonchev–Trinajstić information content (AvgIpc) is 2.74. The summed E-state index contributed by atoms with van der Waals surface area (Å²) in [5.41, 5.74) is 0.534. The topological polar surface area (TPSA) is 46.2 Å². The van der Waals surface area contributed by atoms with Gasteiger partial charge in [0.15, 0.2) is 9.84 Å². The van der Waals surface area contributed by atoms with Crippen LogP contribution in [0.3, 0.4) is 0 Å². The zero-order valence-corrected chi connectivity index (χ0v) is 14.0. The summed E-state index contributed by atoms with van der Waals surface area (Å²) in [5, 5.41) is 3.75. The van der Waals surface area contributed by atoms with Gasteiger partial charge in [0.25, 0.3) is 0 Å². The van der Waals surface area contributed by atoms with Gasteiger partial charge in [-0.1, -0.05) is 0 Å². The monoisotopic (exact) mass is 311 g/mol. The Hall–Kier alpha value is -0.0900. The van der Waals surface area contributed by atoms with Gasteiger partial charge in [-0.3, -0.25) is 0 Å². The fraction of sp³-hybridized carbons (Fsp3) is 1.00. The molecule has 0 radical (unpaired) electrons. The molecule has 120 valence electrons. The molecule has 4 heteroatoms. The van der Waals surface area contributed by atoms with Crippen LogP contribution >= 0.6 is 0 Å². The van der Waals surface area contributed by atoms with Crippen LogP contribution in [0.5, 0.6) is 0 Å². The molecule has 5 fully saturated rings. The third-order valence-electron chi connectivity index (χ3n) is 7.04. The molecule has 1 heterocycles. The molecular weight excluding hydrogens is 282 g/mol. The minimum atomic E-state index is -2.73. The van der Waals surface area contributed by atoms with E-state index in [1.54, 1.807) is 0 Å². The Morgan fingerprint density at radius 1 is 1.10 bits per heavy atom. The van der Waals surface area contributed by atoms with Gasteiger partial charge in [-0.25, -0.2) is 8.42 Å². The molecule has 0 aromatic rings. The van der Waals surface area contributed by atoms with Crippen LogP contribution in [0.15, 0.2) is 0 Å². The van der Waals surface area contributed by atoms with E-state index in [-0.39, 0.29) is 0 Å². The zero-order valence-electron chi connectivity index (χ0n) is 13.2. The minimum absolute atomic E-state index is 0.353. The first-order valence-electron chi connectivity index (χ1n) is 8.88. The number of hydrogen-bond donors (Lipinski definition) is 1. The molecule has 2 atom stereocenters. The lowest BCUT2D eigenvalue weighted by molar-refractivity contribution is -0.0707. The van der Waals surface area contributed by atoms with Gasteiger partial charge in [-0.05, 0) is 87.5 Å². The van der Waals surface area contributed by atoms with Crippen molar-refractivity contribution >= 4 is 9.84 Å². The fourth-order valence-electron chi connectivity index (χ4n) is 6.30. The number of hydrogen-bond acceptors (Lipinski definition) is 3. The highest BCUT2D eigenvalue weighted by molar-refractivity contribution is 7.91. The van der Waals surface area contributed by atoms with Crippen LogP contribution in [0.25, 0.3) is 0 Å². The van der Waals surface area contributed by atoms with Crippen molar-refractivity contribution in [3.05, 3.63) is 0 Å². The highest BCUT2D eigenvalue weighted by Crippen LogP contribution is 2.61. The van der Waals surface area contributed by atoms with Crippen LogP contribution < -0.4 is 5.32 Å². The van der Waals surface area contributed by atoms with E-state index in [1.807, 2.05) is 0 Å². The Bertz CT molecular complexity index is 478. The molecule has 0 aromatic heterocycles. The molecule has 5 aliphatic rings. The maximum atomic E-state index is 11.6. The minimum Gasteiger partial charge on any atom is -0.313 e. The van der Waals surface area contributed by atoms with Gasteiger partial charge in [-0.2, -0.15) is 0 Å². The van der Waals surface area contributed by atoms with Gasteiger partial charge in [0.05, 0.1) is 11.5 Å². The summed E-state index contributed by atoms with van der Waals surface area (Å²) in [5.74, 6) is 4.15. The lowest BCUT2D eigenvalue weighted by Gasteiger charge is -2.59. The third kappa shape index (κ3) is 2.67. The summed E-state index contributed by atoms with van der Waals surface area (Å²) < 4.78 is 23.2. The number of sulfone groups is 1. The maximum Gasteiger partial charge on any atom is 0.150 e. The standard InChI is InChI=1S/C17H29NO2S/c1-12(18-10-13-2-3-21(19,20)11-13)17-7-14-4-15(8-17)6-16(5-14)9-17/h12-16,18H,2-11H2,1H3/t12-,13-,14?,15?,16?,17?/m1/s1. The van der Waals surface area contributed by atoms with Crippen LogP contribution in [-0.4, -0.2) is 32.5 Å². The van der Waals surface area contributed by atoms with Crippen molar-refractivity contribution < 1.29 is 8.42 Å². The second-order valence-electron chi connectivity index (χ2n) is 8.68. The van der Waals surface area contributed by atoms with E-state index < -0.39 is 9.84 Å². The molecule has 5 rings (SSSR count). The summed E-state index contributed by atoms with van der Waals surface area (Å²) in [7, 11) is -2.73. The van der Waals surface area contributed by atoms with Crippen molar-refractivity contribution in [2.75, 3.05) is 18.1 Å². The average molecular weight is 311 g/mol. The lowest BCUT2D eigenvalue weighted by Crippen LogP contribution is -2.55. The van der Waals surface area contributed by atoms with E-state index in [1.165, 1.54) is 38.5 Å². The van der Waals surface area contributed by atoms with E-state index in [0.29, 0.717) is 28.9 Å². The predicted octanol–water partition coefficient (Wildman–Crippen LogP) is 2.62. The molecule has 0 unspecified atom stereocenters. The zero-order chi connectivity index (χ0) is 14.7. The summed E-state index contributed by atoms with van der Waals surface area (Å²) in [6.07, 6.45) is 9.62. The molecule has 3 nitrogen and oxygen atoms in total. The summed E-state index contributed by atoms with van der Waals surface area (Å²) in [4.78, 5) is 0. The van der Waals surface area contributed by atoms with E-state index in [0.717, 1.165) is 30.7 Å². The second kappa shape index (κ2) is 4.95. The van der Waals surface area contributed by atoms with Gasteiger partial charge in [0.2, 0.25) is 0 Å². The lowest BCUT2D eigenvalue weighted by atomic mass is 9.48. The first kappa shape index (κ1) is 14.5. The van der Waals surface area contributed by atoms with Crippen molar-refractivity contribution in [2.24, 2.45) is 29.1 Å². The summed E-state index contributed by atoms with van der Waals surface area (Å²) in [6, 6.07) is 0.564. The SMILES string of the molecule is C[C@@H](NC[C@H]1CCS(=O)(=O)C1)C12CC3CC(CC(C3)C1)C2. The van der Waals surface area contributed by atoms with Crippen LogP contribution in [-0.2, 0) is 9.84 Å². The normalized spacial score (nSPS) is 48.6. The Balaban J connectivity index is 1.38. The fourth-order valence-corrected chi connectivity index (χ4v) is 8.16. The Morgan fingerprint density at radius 2 is 1.67 bits per heavy atom. The highest BCUT2D eigenvalue weighted by atomic mass is 32.2. The van der Waals surface area contributed by atoms with Crippen LogP contribution in [0.4, 0.5) is 0 Å². The van der Waals surface area contributed by atoms with Crippen molar-refractivity contribution in [3.8, 4) is 0 Å². The molecule has 1 saturated heterocycles. The summed E-state index contributed by atoms with van der Waals surface area (Å²) >= 11 is 0. The molecule has 4 saturated carbocycles. The number of nitrogens with one attached hydrogen (secondary N) is 1. The predicted molar refractivity (Wildman–Crippen MR) is 84.8 cm³/mol. The van der Waals surface area contributed by atoms with E-state index in [9.17, 15) is 8.42 Å². The number of rotatable bonds is 4. The van der Waals surface area contributed by atoms with E-state index >= 15 is 0 Å². The Kier molecular flexibility index (Phi) is 3.42. The van der Waals surface area contributed by atoms with Crippen LogP contribution in [0.2, 0.25) is 0 Å². The first-order chi connectivity index (χ1) is 9.94. The molecule has 1 aliphatic heterocycles. The van der Waals surface area contributed by atoms with Crippen molar-refractivity contribution in [1.29, 1.82) is 0 Å². The van der Waals surface area contributed by atoms with E-state index in [2.05, 4.69) is 12.2 Å². The van der Waals surface area contributed by atoms with Crippen molar-refractivity contribution in [3.63, 3.8) is 0 Å². The molecule has 0 aromatic carbocycles. The van der Waals surface area contributed by atoms with Crippen molar-refractivity contribution in [1.82, 2.24) is 5.32 Å². The van der Waals surface area contributed by atoms with Gasteiger partial charge in [-0.15, -0.1) is 0 Å². The Labute approximate surface area is 129 Å². The molecule has 4 aliphatic carbocycles. The third-order valence-corrected chi connectivity index (χ3v) is 8.88. The van der Waals surface area contributed by atoms with Gasteiger partial charge < -0.3 is 5.32 Å². The largest absolute Gasteiger partial charge is 0.313 e. The maximum absolute atomic E-state index is 11.6. The molecule has 1 N–H and O–H groups in total. The van der Waals surface area contributed by atoms with Gasteiger partial charge >= 0.3 is 0 Å². The van der Waals surface area contributed by atoms with Gasteiger partial charge in [0, 0.05) is 6.04 Å². The highest BCUT2D eigenvalue weighted by Gasteiger charge is 2.53. The second-order valence-corrected chi connectivity index (χ2v) is 10.9. The Morgan fingerprint density at radius 3 is 2.14 bits per heavy atom. The smallest absolute Gasteiger partial charge is 0.150 e. The molecule has 0 amide bonds. The first-order valence-corrected chi connectivity index (χ1v) is 10.7. The molecule has 0 spiro atoms. The van der Waals surface area contributed by atoms with Gasteiger partial charge in [0.1, 0.15) is 0 Å². The summed E-state index contributed by atoms with van der Waals surface area (Å²) in [6.45, 7) is 3.28. The van der Waals surface area contributed by atoms with E-state index in [4.69, 9.17) is 0 Å². The quantitative estimate of drug-likeness (QED) is 0.868. The molecule has 21 heavy (non-hydrogen) atoms. The molecule has 4 bridgehead atoms. The van der Waals surface area contributed by atoms with Crippen LogP contribution in [0.1, 0.15) is 51.9 Å². The van der Waals surface area contributed by atoms with Crippen molar-refractivity contribution in [2.45, 2.75) is 57.9 Å².